The summed E-state index contributed by atoms with van der Waals surface area (Å²) in [4.78, 5) is 13.4. The average molecular weight is 374 g/mol. The fraction of sp³-hybridized carbons (Fsp3) is 0.273. The number of guanidine groups is 1. The molecule has 28 heavy (non-hydrogen) atoms. The summed E-state index contributed by atoms with van der Waals surface area (Å²) in [6.07, 6.45) is 5.60. The molecule has 0 radical (unpaired) electrons. The predicted molar refractivity (Wildman–Crippen MR) is 114 cm³/mol. The molecule has 1 aliphatic heterocycles. The Morgan fingerprint density at radius 3 is 2.46 bits per heavy atom. The summed E-state index contributed by atoms with van der Waals surface area (Å²) in [6.45, 7) is 4.63. The molecule has 2 heterocycles. The van der Waals surface area contributed by atoms with Crippen LogP contribution in [0.25, 0.3) is 5.69 Å². The highest BCUT2D eigenvalue weighted by Gasteiger charge is 2.19. The SMILES string of the molecule is CN=C(NCc1ccccc1-n1ccnc1)N1CCN(c2ccccc2)CC1. The van der Waals surface area contributed by atoms with E-state index < -0.39 is 0 Å². The molecule has 0 amide bonds. The van der Waals surface area contributed by atoms with Crippen molar-refractivity contribution in [1.82, 2.24) is 19.8 Å². The van der Waals surface area contributed by atoms with Crippen molar-refractivity contribution in [2.75, 3.05) is 38.1 Å². The number of hydrogen-bond donors (Lipinski definition) is 1. The molecule has 4 rings (SSSR count). The Hall–Kier alpha value is -3.28. The molecule has 6 nitrogen and oxygen atoms in total. The van der Waals surface area contributed by atoms with Gasteiger partial charge in [-0.3, -0.25) is 4.99 Å². The van der Waals surface area contributed by atoms with E-state index in [4.69, 9.17) is 0 Å². The molecule has 1 aliphatic rings. The highest BCUT2D eigenvalue weighted by Crippen LogP contribution is 2.16. The number of nitrogens with one attached hydrogen (secondary N) is 1. The van der Waals surface area contributed by atoms with Gasteiger partial charge in [0.2, 0.25) is 0 Å². The van der Waals surface area contributed by atoms with Crippen molar-refractivity contribution < 1.29 is 0 Å². The standard InChI is InChI=1S/C22H26N6/c1-23-22(27-15-13-26(14-16-27)20-8-3-2-4-9-20)25-17-19-7-5-6-10-21(19)28-12-11-24-18-28/h2-12,18H,13-17H2,1H3,(H,23,25). The minimum absolute atomic E-state index is 0.722. The molecule has 0 atom stereocenters. The van der Waals surface area contributed by atoms with Crippen molar-refractivity contribution in [3.8, 4) is 5.69 Å². The van der Waals surface area contributed by atoms with Gasteiger partial charge in [-0.15, -0.1) is 0 Å². The van der Waals surface area contributed by atoms with Gasteiger partial charge in [-0.25, -0.2) is 4.98 Å². The molecular weight excluding hydrogens is 348 g/mol. The molecular formula is C22H26N6. The molecule has 144 valence electrons. The molecule has 6 heteroatoms. The third-order valence-electron chi connectivity index (χ3n) is 5.12. The highest BCUT2D eigenvalue weighted by atomic mass is 15.3. The summed E-state index contributed by atoms with van der Waals surface area (Å²) in [6, 6.07) is 19.0. The zero-order chi connectivity index (χ0) is 19.2. The van der Waals surface area contributed by atoms with Crippen molar-refractivity contribution in [3.63, 3.8) is 0 Å². The van der Waals surface area contributed by atoms with Gasteiger partial charge >= 0.3 is 0 Å². The lowest BCUT2D eigenvalue weighted by Gasteiger charge is -2.37. The highest BCUT2D eigenvalue weighted by molar-refractivity contribution is 5.80. The molecule has 0 unspecified atom stereocenters. The number of hydrogen-bond acceptors (Lipinski definition) is 3. The Morgan fingerprint density at radius 1 is 1.00 bits per heavy atom. The Kier molecular flexibility index (Phi) is 5.56. The van der Waals surface area contributed by atoms with Gasteiger partial charge < -0.3 is 19.7 Å². The van der Waals surface area contributed by atoms with Crippen molar-refractivity contribution in [1.29, 1.82) is 0 Å². The summed E-state index contributed by atoms with van der Waals surface area (Å²) >= 11 is 0. The van der Waals surface area contributed by atoms with Crippen molar-refractivity contribution >= 4 is 11.6 Å². The normalized spacial score (nSPS) is 15.0. The quantitative estimate of drug-likeness (QED) is 0.564. The first kappa shape index (κ1) is 18.1. The van der Waals surface area contributed by atoms with Gasteiger partial charge in [0.25, 0.3) is 0 Å². The maximum atomic E-state index is 4.51. The summed E-state index contributed by atoms with van der Waals surface area (Å²) in [7, 11) is 1.85. The number of aliphatic imine (C=N–C) groups is 1. The Balaban J connectivity index is 1.38. The zero-order valence-corrected chi connectivity index (χ0v) is 16.2. The van der Waals surface area contributed by atoms with E-state index in [1.807, 2.05) is 24.1 Å². The second kappa shape index (κ2) is 8.61. The number of aromatic nitrogens is 2. The second-order valence-electron chi connectivity index (χ2n) is 6.81. The molecule has 2 aromatic carbocycles. The third kappa shape index (κ3) is 4.01. The van der Waals surface area contributed by atoms with Gasteiger partial charge in [0.15, 0.2) is 5.96 Å². The predicted octanol–water partition coefficient (Wildman–Crippen LogP) is 2.77. The zero-order valence-electron chi connectivity index (χ0n) is 16.2. The minimum Gasteiger partial charge on any atom is -0.368 e. The van der Waals surface area contributed by atoms with Gasteiger partial charge in [0, 0.05) is 57.9 Å². The van der Waals surface area contributed by atoms with Crippen LogP contribution in [0.5, 0.6) is 0 Å². The van der Waals surface area contributed by atoms with Crippen LogP contribution in [0.4, 0.5) is 5.69 Å². The van der Waals surface area contributed by atoms with E-state index >= 15 is 0 Å². The van der Waals surface area contributed by atoms with E-state index in [1.165, 1.54) is 11.3 Å². The first-order valence-corrected chi connectivity index (χ1v) is 9.67. The molecule has 1 aromatic heterocycles. The number of para-hydroxylation sites is 2. The summed E-state index contributed by atoms with van der Waals surface area (Å²) in [5, 5.41) is 3.54. The first-order chi connectivity index (χ1) is 13.8. The van der Waals surface area contributed by atoms with Gasteiger partial charge in [-0.05, 0) is 23.8 Å². The Labute approximate surface area is 166 Å². The van der Waals surface area contributed by atoms with Crippen molar-refractivity contribution in [2.45, 2.75) is 6.54 Å². The minimum atomic E-state index is 0.722. The van der Waals surface area contributed by atoms with Crippen LogP contribution < -0.4 is 10.2 Å². The van der Waals surface area contributed by atoms with Crippen LogP contribution in [0.15, 0.2) is 78.3 Å². The summed E-state index contributed by atoms with van der Waals surface area (Å²) in [5.41, 5.74) is 3.64. The van der Waals surface area contributed by atoms with Crippen LogP contribution >= 0.6 is 0 Å². The maximum absolute atomic E-state index is 4.51. The number of rotatable bonds is 4. The number of benzene rings is 2. The van der Waals surface area contributed by atoms with Crippen LogP contribution in [0.1, 0.15) is 5.56 Å². The topological polar surface area (TPSA) is 48.7 Å². The van der Waals surface area contributed by atoms with Crippen LogP contribution in [-0.4, -0.2) is 53.6 Å². The Bertz CT molecular complexity index is 896. The van der Waals surface area contributed by atoms with E-state index in [-0.39, 0.29) is 0 Å². The molecule has 1 saturated heterocycles. The lowest BCUT2D eigenvalue weighted by atomic mass is 10.1. The van der Waals surface area contributed by atoms with Gasteiger partial charge in [0.1, 0.15) is 0 Å². The molecule has 3 aromatic rings. The van der Waals surface area contributed by atoms with Crippen molar-refractivity contribution in [2.24, 2.45) is 4.99 Å². The fourth-order valence-corrected chi connectivity index (χ4v) is 3.64. The van der Waals surface area contributed by atoms with E-state index in [9.17, 15) is 0 Å². The number of anilines is 1. The molecule has 1 N–H and O–H groups in total. The molecule has 0 saturated carbocycles. The molecule has 0 spiro atoms. The number of piperazine rings is 1. The number of imidazole rings is 1. The van der Waals surface area contributed by atoms with Gasteiger partial charge in [-0.1, -0.05) is 36.4 Å². The monoisotopic (exact) mass is 374 g/mol. The first-order valence-electron chi connectivity index (χ1n) is 9.67. The van der Waals surface area contributed by atoms with Crippen LogP contribution in [0.3, 0.4) is 0 Å². The fourth-order valence-electron chi connectivity index (χ4n) is 3.64. The van der Waals surface area contributed by atoms with E-state index in [0.717, 1.165) is 44.4 Å². The third-order valence-corrected chi connectivity index (χ3v) is 5.12. The largest absolute Gasteiger partial charge is 0.368 e. The molecule has 0 bridgehead atoms. The lowest BCUT2D eigenvalue weighted by Crippen LogP contribution is -2.52. The average Bonchev–Trinajstić information content (AvgIpc) is 3.30. The summed E-state index contributed by atoms with van der Waals surface area (Å²) in [5.74, 6) is 0.952. The summed E-state index contributed by atoms with van der Waals surface area (Å²) < 4.78 is 2.04. The van der Waals surface area contributed by atoms with E-state index in [1.54, 1.807) is 6.20 Å². The molecule has 1 fully saturated rings. The smallest absolute Gasteiger partial charge is 0.194 e. The van der Waals surface area contributed by atoms with Crippen LogP contribution in [0, 0.1) is 0 Å². The number of nitrogens with zero attached hydrogens (tertiary/aromatic N) is 5. The Morgan fingerprint density at radius 2 is 1.75 bits per heavy atom. The lowest BCUT2D eigenvalue weighted by molar-refractivity contribution is 0.372. The van der Waals surface area contributed by atoms with Crippen LogP contribution in [-0.2, 0) is 6.54 Å². The van der Waals surface area contributed by atoms with Crippen molar-refractivity contribution in [3.05, 3.63) is 78.9 Å². The second-order valence-corrected chi connectivity index (χ2v) is 6.81. The van der Waals surface area contributed by atoms with E-state index in [2.05, 4.69) is 79.7 Å². The van der Waals surface area contributed by atoms with E-state index in [0.29, 0.717) is 0 Å². The van der Waals surface area contributed by atoms with Gasteiger partial charge in [0.05, 0.1) is 12.0 Å². The maximum Gasteiger partial charge on any atom is 0.194 e. The van der Waals surface area contributed by atoms with Crippen LogP contribution in [0.2, 0.25) is 0 Å². The van der Waals surface area contributed by atoms with Gasteiger partial charge in [-0.2, -0.15) is 0 Å². The molecule has 0 aliphatic carbocycles.